The lowest BCUT2D eigenvalue weighted by Crippen LogP contribution is -2.40. The third-order valence-corrected chi connectivity index (χ3v) is 1.48. The van der Waals surface area contributed by atoms with Crippen LogP contribution < -0.4 is 10.9 Å². The first-order valence-electron chi connectivity index (χ1n) is 3.95. The molecule has 1 aromatic rings. The number of amides is 2. The van der Waals surface area contributed by atoms with Gasteiger partial charge >= 0.3 is 0 Å². The summed E-state index contributed by atoms with van der Waals surface area (Å²) >= 11 is 0. The fourth-order valence-corrected chi connectivity index (χ4v) is 0.830. The van der Waals surface area contributed by atoms with Crippen molar-refractivity contribution in [3.8, 4) is 5.75 Å². The second-order valence-corrected chi connectivity index (χ2v) is 2.68. The maximum atomic E-state index is 11.3. The highest BCUT2D eigenvalue weighted by molar-refractivity contribution is 5.95. The number of aromatic hydroxyl groups is 1. The van der Waals surface area contributed by atoms with Crippen molar-refractivity contribution in [3.63, 3.8) is 0 Å². The van der Waals surface area contributed by atoms with Gasteiger partial charge in [0.2, 0.25) is 5.91 Å². The number of rotatable bonds is 1. The van der Waals surface area contributed by atoms with Gasteiger partial charge in [-0.2, -0.15) is 0 Å². The summed E-state index contributed by atoms with van der Waals surface area (Å²) in [6.07, 6.45) is 0. The Balaban J connectivity index is 2.61. The number of hydrogen-bond donors (Lipinski definition) is 3. The molecule has 14 heavy (non-hydrogen) atoms. The molecule has 5 nitrogen and oxygen atoms in total. The largest absolute Gasteiger partial charge is 0.508 e. The van der Waals surface area contributed by atoms with Gasteiger partial charge in [0, 0.05) is 12.5 Å². The zero-order chi connectivity index (χ0) is 10.6. The van der Waals surface area contributed by atoms with Crippen molar-refractivity contribution >= 4 is 11.8 Å². The number of phenolic OH excluding ortho intramolecular Hbond substituents is 1. The van der Waals surface area contributed by atoms with Gasteiger partial charge in [-0.15, -0.1) is 0 Å². The SMILES string of the molecule is CC(=O)NNC(=O)c1ccc(O)cc1. The van der Waals surface area contributed by atoms with Crippen LogP contribution in [0, 0.1) is 0 Å². The van der Waals surface area contributed by atoms with Gasteiger partial charge in [0.15, 0.2) is 0 Å². The third kappa shape index (κ3) is 2.78. The Kier molecular flexibility index (Phi) is 3.06. The number of nitrogens with one attached hydrogen (secondary N) is 2. The van der Waals surface area contributed by atoms with Crippen molar-refractivity contribution in [1.29, 1.82) is 0 Å². The van der Waals surface area contributed by atoms with E-state index in [1.54, 1.807) is 0 Å². The van der Waals surface area contributed by atoms with Crippen LogP contribution >= 0.6 is 0 Å². The summed E-state index contributed by atoms with van der Waals surface area (Å²) in [6, 6.07) is 5.68. The Morgan fingerprint density at radius 1 is 1.14 bits per heavy atom. The Morgan fingerprint density at radius 2 is 1.71 bits per heavy atom. The number of hydrogen-bond acceptors (Lipinski definition) is 3. The van der Waals surface area contributed by atoms with Crippen LogP contribution in [0.4, 0.5) is 0 Å². The average molecular weight is 194 g/mol. The molecule has 0 bridgehead atoms. The molecule has 74 valence electrons. The first kappa shape index (κ1) is 10.0. The zero-order valence-corrected chi connectivity index (χ0v) is 7.57. The molecule has 5 heteroatoms. The normalized spacial score (nSPS) is 9.21. The molecule has 0 spiro atoms. The first-order valence-corrected chi connectivity index (χ1v) is 3.95. The van der Waals surface area contributed by atoms with E-state index in [1.807, 2.05) is 0 Å². The summed E-state index contributed by atoms with van der Waals surface area (Å²) in [5, 5.41) is 8.96. The van der Waals surface area contributed by atoms with Crippen LogP contribution in [0.1, 0.15) is 17.3 Å². The molecule has 0 saturated heterocycles. The second kappa shape index (κ2) is 4.27. The van der Waals surface area contributed by atoms with E-state index in [4.69, 9.17) is 5.11 Å². The van der Waals surface area contributed by atoms with Gasteiger partial charge in [0.25, 0.3) is 5.91 Å². The monoisotopic (exact) mass is 194 g/mol. The van der Waals surface area contributed by atoms with Crippen LogP contribution in [0.3, 0.4) is 0 Å². The van der Waals surface area contributed by atoms with E-state index in [-0.39, 0.29) is 11.7 Å². The number of hydrazine groups is 1. The average Bonchev–Trinajstić information content (AvgIpc) is 2.15. The van der Waals surface area contributed by atoms with E-state index in [0.29, 0.717) is 5.56 Å². The molecule has 0 aliphatic rings. The highest BCUT2D eigenvalue weighted by Gasteiger charge is 2.04. The molecule has 0 saturated carbocycles. The van der Waals surface area contributed by atoms with Gasteiger partial charge in [0.05, 0.1) is 0 Å². The maximum Gasteiger partial charge on any atom is 0.269 e. The molecule has 1 aromatic carbocycles. The zero-order valence-electron chi connectivity index (χ0n) is 7.57. The van der Waals surface area contributed by atoms with Crippen molar-refractivity contribution in [3.05, 3.63) is 29.8 Å². The van der Waals surface area contributed by atoms with E-state index in [0.717, 1.165) is 0 Å². The van der Waals surface area contributed by atoms with Crippen molar-refractivity contribution < 1.29 is 14.7 Å². The molecule has 0 aromatic heterocycles. The number of benzene rings is 1. The lowest BCUT2D eigenvalue weighted by Gasteiger charge is -2.04. The van der Waals surface area contributed by atoms with E-state index in [2.05, 4.69) is 10.9 Å². The summed E-state index contributed by atoms with van der Waals surface area (Å²) in [5.74, 6) is -0.696. The third-order valence-electron chi connectivity index (χ3n) is 1.48. The summed E-state index contributed by atoms with van der Waals surface area (Å²) < 4.78 is 0. The minimum Gasteiger partial charge on any atom is -0.508 e. The van der Waals surface area contributed by atoms with Crippen LogP contribution in [-0.4, -0.2) is 16.9 Å². The molecule has 0 aliphatic carbocycles. The summed E-state index contributed by atoms with van der Waals surface area (Å²) in [5.41, 5.74) is 4.71. The minimum atomic E-state index is -0.430. The Hall–Kier alpha value is -2.04. The molecular formula is C9H10N2O3. The van der Waals surface area contributed by atoms with Gasteiger partial charge in [-0.3, -0.25) is 20.4 Å². The smallest absolute Gasteiger partial charge is 0.269 e. The predicted molar refractivity (Wildman–Crippen MR) is 49.4 cm³/mol. The maximum absolute atomic E-state index is 11.3. The summed E-state index contributed by atoms with van der Waals surface area (Å²) in [4.78, 5) is 21.7. The van der Waals surface area contributed by atoms with Crippen LogP contribution in [0.15, 0.2) is 24.3 Å². The standard InChI is InChI=1S/C9H10N2O3/c1-6(12)10-11-9(14)7-2-4-8(13)5-3-7/h2-5,13H,1H3,(H,10,12)(H,11,14). The van der Waals surface area contributed by atoms with E-state index < -0.39 is 5.91 Å². The second-order valence-electron chi connectivity index (χ2n) is 2.68. The highest BCUT2D eigenvalue weighted by Crippen LogP contribution is 2.08. The Bertz CT molecular complexity index is 346. The minimum absolute atomic E-state index is 0.0843. The fraction of sp³-hybridized carbons (Fsp3) is 0.111. The predicted octanol–water partition coefficient (Wildman–Crippen LogP) is 0.173. The van der Waals surface area contributed by atoms with Crippen LogP contribution in [0.25, 0.3) is 0 Å². The molecule has 0 fully saturated rings. The number of carbonyl (C=O) groups is 2. The topological polar surface area (TPSA) is 78.4 Å². The van der Waals surface area contributed by atoms with Gasteiger partial charge in [-0.05, 0) is 24.3 Å². The van der Waals surface area contributed by atoms with Crippen LogP contribution in [-0.2, 0) is 4.79 Å². The first-order chi connectivity index (χ1) is 6.59. The van der Waals surface area contributed by atoms with E-state index in [9.17, 15) is 9.59 Å². The van der Waals surface area contributed by atoms with E-state index in [1.165, 1.54) is 31.2 Å². The van der Waals surface area contributed by atoms with Crippen molar-refractivity contribution in [2.75, 3.05) is 0 Å². The van der Waals surface area contributed by atoms with Gasteiger partial charge < -0.3 is 5.11 Å². The molecular weight excluding hydrogens is 184 g/mol. The quantitative estimate of drug-likeness (QED) is 0.558. The van der Waals surface area contributed by atoms with Gasteiger partial charge in [0.1, 0.15) is 5.75 Å². The van der Waals surface area contributed by atoms with Crippen LogP contribution in [0.5, 0.6) is 5.75 Å². The van der Waals surface area contributed by atoms with Crippen molar-refractivity contribution in [2.45, 2.75) is 6.92 Å². The Morgan fingerprint density at radius 3 is 2.21 bits per heavy atom. The molecule has 0 heterocycles. The molecule has 0 atom stereocenters. The molecule has 1 rings (SSSR count). The van der Waals surface area contributed by atoms with Crippen molar-refractivity contribution in [1.82, 2.24) is 10.9 Å². The molecule has 3 N–H and O–H groups in total. The lowest BCUT2D eigenvalue weighted by molar-refractivity contribution is -0.119. The summed E-state index contributed by atoms with van der Waals surface area (Å²) in [7, 11) is 0. The van der Waals surface area contributed by atoms with Crippen LogP contribution in [0.2, 0.25) is 0 Å². The summed E-state index contributed by atoms with van der Waals surface area (Å²) in [6.45, 7) is 1.29. The number of phenols is 1. The van der Waals surface area contributed by atoms with Gasteiger partial charge in [-0.1, -0.05) is 0 Å². The fourth-order valence-electron chi connectivity index (χ4n) is 0.830. The number of carbonyl (C=O) groups excluding carboxylic acids is 2. The van der Waals surface area contributed by atoms with Crippen molar-refractivity contribution in [2.24, 2.45) is 0 Å². The molecule has 0 radical (unpaired) electrons. The Labute approximate surface area is 80.7 Å². The molecule has 0 unspecified atom stereocenters. The molecule has 2 amide bonds. The lowest BCUT2D eigenvalue weighted by atomic mass is 10.2. The highest BCUT2D eigenvalue weighted by atomic mass is 16.3. The van der Waals surface area contributed by atoms with Gasteiger partial charge in [-0.25, -0.2) is 0 Å². The molecule has 0 aliphatic heterocycles. The van der Waals surface area contributed by atoms with E-state index >= 15 is 0 Å².